The predicted octanol–water partition coefficient (Wildman–Crippen LogP) is 2.00. The molecule has 1 unspecified atom stereocenters. The van der Waals surface area contributed by atoms with Gasteiger partial charge < -0.3 is 15.3 Å². The van der Waals surface area contributed by atoms with E-state index in [1.165, 1.54) is 38.8 Å². The lowest BCUT2D eigenvalue weighted by atomic mass is 9.98. The first-order chi connectivity index (χ1) is 8.20. The first kappa shape index (κ1) is 14.9. The number of aliphatic hydroxyl groups excluding tert-OH is 1. The maximum absolute atomic E-state index is 9.52. The van der Waals surface area contributed by atoms with E-state index in [1.807, 2.05) is 0 Å². The molecule has 0 aliphatic carbocycles. The number of nitrogens with one attached hydrogen (secondary N) is 1. The van der Waals surface area contributed by atoms with Gasteiger partial charge in [0.1, 0.15) is 0 Å². The third-order valence-corrected chi connectivity index (χ3v) is 3.83. The number of nitrogens with zero attached hydrogens (tertiary/aromatic N) is 1. The van der Waals surface area contributed by atoms with E-state index in [-0.39, 0.29) is 12.1 Å². The van der Waals surface area contributed by atoms with E-state index in [2.05, 4.69) is 24.1 Å². The van der Waals surface area contributed by atoms with Gasteiger partial charge in [-0.1, -0.05) is 19.8 Å². The van der Waals surface area contributed by atoms with Crippen molar-refractivity contribution in [2.24, 2.45) is 0 Å². The van der Waals surface area contributed by atoms with Crippen LogP contribution in [0.4, 0.5) is 0 Å². The largest absolute Gasteiger partial charge is 0.394 e. The summed E-state index contributed by atoms with van der Waals surface area (Å²) in [7, 11) is 0. The molecule has 1 heterocycles. The lowest BCUT2D eigenvalue weighted by molar-refractivity contribution is 0.146. The fourth-order valence-corrected chi connectivity index (χ4v) is 2.41. The molecule has 2 N–H and O–H groups in total. The summed E-state index contributed by atoms with van der Waals surface area (Å²) in [6, 6.07) is 0. The van der Waals surface area contributed by atoms with Gasteiger partial charge in [0.25, 0.3) is 0 Å². The van der Waals surface area contributed by atoms with Crippen LogP contribution in [0.5, 0.6) is 0 Å². The third-order valence-electron chi connectivity index (χ3n) is 3.83. The zero-order chi connectivity index (χ0) is 12.6. The predicted molar refractivity (Wildman–Crippen MR) is 73.3 cm³/mol. The molecule has 1 aliphatic heterocycles. The molecule has 3 heteroatoms. The second-order valence-corrected chi connectivity index (χ2v) is 5.65. The Hall–Kier alpha value is -0.120. The molecule has 17 heavy (non-hydrogen) atoms. The van der Waals surface area contributed by atoms with Gasteiger partial charge in [0.05, 0.1) is 6.61 Å². The Labute approximate surface area is 107 Å². The van der Waals surface area contributed by atoms with Gasteiger partial charge in [-0.25, -0.2) is 0 Å². The van der Waals surface area contributed by atoms with E-state index < -0.39 is 0 Å². The fraction of sp³-hybridized carbons (Fsp3) is 1.00. The van der Waals surface area contributed by atoms with Crippen LogP contribution in [0.3, 0.4) is 0 Å². The van der Waals surface area contributed by atoms with Gasteiger partial charge in [-0.15, -0.1) is 0 Å². The summed E-state index contributed by atoms with van der Waals surface area (Å²) < 4.78 is 0. The number of aliphatic hydroxyl groups is 1. The fourth-order valence-electron chi connectivity index (χ4n) is 2.41. The van der Waals surface area contributed by atoms with Crippen molar-refractivity contribution in [2.45, 2.75) is 57.9 Å². The van der Waals surface area contributed by atoms with Gasteiger partial charge in [0.15, 0.2) is 0 Å². The second-order valence-electron chi connectivity index (χ2n) is 5.65. The summed E-state index contributed by atoms with van der Waals surface area (Å²) in [6.45, 7) is 9.15. The lowest BCUT2D eigenvalue weighted by Crippen LogP contribution is -2.48. The molecular weight excluding hydrogens is 212 g/mol. The second kappa shape index (κ2) is 8.06. The van der Waals surface area contributed by atoms with Crippen LogP contribution < -0.4 is 5.32 Å². The van der Waals surface area contributed by atoms with Gasteiger partial charge in [-0.3, -0.25) is 0 Å². The standard InChI is InChI=1S/C14H30N2O/c1-3-9-15-14(2,13-17)8-12-16-10-6-4-5-7-11-16/h15,17H,3-13H2,1-2H3. The van der Waals surface area contributed by atoms with E-state index in [0.717, 1.165) is 25.9 Å². The first-order valence-corrected chi connectivity index (χ1v) is 7.28. The number of hydrogen-bond donors (Lipinski definition) is 2. The minimum Gasteiger partial charge on any atom is -0.394 e. The van der Waals surface area contributed by atoms with Gasteiger partial charge in [-0.2, -0.15) is 0 Å². The van der Waals surface area contributed by atoms with Crippen molar-refractivity contribution < 1.29 is 5.11 Å². The molecule has 0 aromatic heterocycles. The summed E-state index contributed by atoms with van der Waals surface area (Å²) >= 11 is 0. The first-order valence-electron chi connectivity index (χ1n) is 7.28. The third kappa shape index (κ3) is 5.84. The molecule has 1 aliphatic rings. The van der Waals surface area contributed by atoms with E-state index in [9.17, 15) is 5.11 Å². The maximum Gasteiger partial charge on any atom is 0.0611 e. The molecule has 0 aromatic carbocycles. The van der Waals surface area contributed by atoms with Gasteiger partial charge in [-0.05, 0) is 58.8 Å². The van der Waals surface area contributed by atoms with Gasteiger partial charge in [0, 0.05) is 5.54 Å². The Morgan fingerprint density at radius 2 is 1.82 bits per heavy atom. The van der Waals surface area contributed by atoms with Crippen LogP contribution in [0, 0.1) is 0 Å². The molecule has 0 bridgehead atoms. The Bertz CT molecular complexity index is 191. The van der Waals surface area contributed by atoms with Crippen LogP contribution in [0.1, 0.15) is 52.4 Å². The van der Waals surface area contributed by atoms with Crippen molar-refractivity contribution in [1.82, 2.24) is 10.2 Å². The zero-order valence-electron chi connectivity index (χ0n) is 11.7. The maximum atomic E-state index is 9.52. The SMILES string of the molecule is CCCNC(C)(CO)CCN1CCCCCC1. The number of likely N-dealkylation sites (tertiary alicyclic amines) is 1. The molecule has 102 valence electrons. The average Bonchev–Trinajstić information content (AvgIpc) is 2.62. The Balaban J connectivity index is 2.29. The van der Waals surface area contributed by atoms with E-state index in [0.29, 0.717) is 0 Å². The van der Waals surface area contributed by atoms with Crippen molar-refractivity contribution in [3.63, 3.8) is 0 Å². The zero-order valence-corrected chi connectivity index (χ0v) is 11.7. The highest BCUT2D eigenvalue weighted by Crippen LogP contribution is 2.14. The summed E-state index contributed by atoms with van der Waals surface area (Å²) in [6.07, 6.45) is 7.64. The lowest BCUT2D eigenvalue weighted by Gasteiger charge is -2.31. The van der Waals surface area contributed by atoms with Crippen molar-refractivity contribution in [2.75, 3.05) is 32.8 Å². The smallest absolute Gasteiger partial charge is 0.0611 e. The molecule has 1 atom stereocenters. The Morgan fingerprint density at radius 3 is 2.35 bits per heavy atom. The highest BCUT2D eigenvalue weighted by Gasteiger charge is 2.23. The van der Waals surface area contributed by atoms with Crippen molar-refractivity contribution in [3.05, 3.63) is 0 Å². The Morgan fingerprint density at radius 1 is 1.18 bits per heavy atom. The normalized spacial score (nSPS) is 22.1. The minimum atomic E-state index is -0.0949. The van der Waals surface area contributed by atoms with Crippen LogP contribution in [0.25, 0.3) is 0 Å². The molecule has 0 radical (unpaired) electrons. The van der Waals surface area contributed by atoms with E-state index >= 15 is 0 Å². The van der Waals surface area contributed by atoms with E-state index in [4.69, 9.17) is 0 Å². The minimum absolute atomic E-state index is 0.0949. The van der Waals surface area contributed by atoms with Crippen LogP contribution in [0.2, 0.25) is 0 Å². The van der Waals surface area contributed by atoms with Crippen LogP contribution in [-0.2, 0) is 0 Å². The highest BCUT2D eigenvalue weighted by molar-refractivity contribution is 4.83. The summed E-state index contributed by atoms with van der Waals surface area (Å²) in [5, 5.41) is 13.0. The molecule has 1 saturated heterocycles. The van der Waals surface area contributed by atoms with E-state index in [1.54, 1.807) is 0 Å². The van der Waals surface area contributed by atoms with Crippen LogP contribution in [0.15, 0.2) is 0 Å². The highest BCUT2D eigenvalue weighted by atomic mass is 16.3. The topological polar surface area (TPSA) is 35.5 Å². The van der Waals surface area contributed by atoms with Crippen molar-refractivity contribution >= 4 is 0 Å². The van der Waals surface area contributed by atoms with Crippen molar-refractivity contribution in [3.8, 4) is 0 Å². The van der Waals surface area contributed by atoms with Gasteiger partial charge in [0.2, 0.25) is 0 Å². The van der Waals surface area contributed by atoms with Crippen molar-refractivity contribution in [1.29, 1.82) is 0 Å². The molecular formula is C14H30N2O. The summed E-state index contributed by atoms with van der Waals surface area (Å²) in [4.78, 5) is 2.56. The van der Waals surface area contributed by atoms with Gasteiger partial charge >= 0.3 is 0 Å². The molecule has 3 nitrogen and oxygen atoms in total. The molecule has 0 amide bonds. The van der Waals surface area contributed by atoms with Crippen LogP contribution >= 0.6 is 0 Å². The van der Waals surface area contributed by atoms with Crippen LogP contribution in [-0.4, -0.2) is 48.3 Å². The quantitative estimate of drug-likeness (QED) is 0.717. The summed E-state index contributed by atoms with van der Waals surface area (Å²) in [5.41, 5.74) is -0.0949. The number of hydrogen-bond acceptors (Lipinski definition) is 3. The summed E-state index contributed by atoms with van der Waals surface area (Å²) in [5.74, 6) is 0. The number of rotatable bonds is 7. The Kier molecular flexibility index (Phi) is 7.09. The molecule has 1 fully saturated rings. The molecule has 0 saturated carbocycles. The average molecular weight is 242 g/mol. The molecule has 0 spiro atoms. The molecule has 1 rings (SSSR count). The monoisotopic (exact) mass is 242 g/mol. The molecule has 0 aromatic rings.